The summed E-state index contributed by atoms with van der Waals surface area (Å²) >= 11 is 6.22. The van der Waals surface area contributed by atoms with Crippen LogP contribution < -0.4 is 0 Å². The molecule has 0 aromatic rings. The summed E-state index contributed by atoms with van der Waals surface area (Å²) in [6, 6.07) is 0. The van der Waals surface area contributed by atoms with Crippen molar-refractivity contribution in [2.45, 2.75) is 70.4 Å². The summed E-state index contributed by atoms with van der Waals surface area (Å²) in [7, 11) is 0. The highest BCUT2D eigenvalue weighted by Crippen LogP contribution is 2.28. The Kier molecular flexibility index (Phi) is 7.20. The molecule has 25 heavy (non-hydrogen) atoms. The van der Waals surface area contributed by atoms with E-state index in [4.69, 9.17) is 25.8 Å². The molecule has 0 spiro atoms. The normalized spacial score (nSPS) is 35.4. The summed E-state index contributed by atoms with van der Waals surface area (Å²) in [5.74, 6) is -0.999. The molecule has 0 aromatic carbocycles. The quantitative estimate of drug-likeness (QED) is 0.422. The second kappa shape index (κ2) is 9.15. The van der Waals surface area contributed by atoms with E-state index in [1.54, 1.807) is 6.92 Å². The number of carbonyl (C=O) groups is 3. The van der Waals surface area contributed by atoms with Crippen molar-refractivity contribution >= 4 is 29.8 Å². The first-order chi connectivity index (χ1) is 11.9. The molecule has 2 aliphatic rings. The van der Waals surface area contributed by atoms with E-state index in [-0.39, 0.29) is 12.5 Å². The number of esters is 2. The average Bonchev–Trinajstić information content (AvgIpc) is 2.92. The molecule has 0 N–H and O–H groups in total. The maximum atomic E-state index is 12.2. The third-order valence-electron chi connectivity index (χ3n) is 4.28. The van der Waals surface area contributed by atoms with Gasteiger partial charge in [-0.05, 0) is 31.8 Å². The molecule has 2 rings (SSSR count). The zero-order valence-electron chi connectivity index (χ0n) is 14.4. The minimum Gasteiger partial charge on any atom is -0.459 e. The van der Waals surface area contributed by atoms with E-state index in [1.807, 2.05) is 12.2 Å². The van der Waals surface area contributed by atoms with Crippen LogP contribution in [0.4, 0.5) is 0 Å². The molecule has 0 amide bonds. The van der Waals surface area contributed by atoms with E-state index >= 15 is 0 Å². The highest BCUT2D eigenvalue weighted by molar-refractivity contribution is 6.29. The maximum Gasteiger partial charge on any atom is 0.310 e. The van der Waals surface area contributed by atoms with Crippen molar-refractivity contribution in [3.05, 3.63) is 22.8 Å². The van der Waals surface area contributed by atoms with E-state index in [9.17, 15) is 14.4 Å². The number of allylic oxidation sites excluding steroid dienone is 3. The van der Waals surface area contributed by atoms with Crippen molar-refractivity contribution in [3.8, 4) is 0 Å². The van der Waals surface area contributed by atoms with Crippen LogP contribution in [0.5, 0.6) is 0 Å². The third kappa shape index (κ3) is 5.97. The molecule has 7 heteroatoms. The lowest BCUT2D eigenvalue weighted by Crippen LogP contribution is -2.31. The van der Waals surface area contributed by atoms with Gasteiger partial charge in [0.2, 0.25) is 0 Å². The largest absolute Gasteiger partial charge is 0.459 e. The van der Waals surface area contributed by atoms with E-state index in [0.29, 0.717) is 37.0 Å². The summed E-state index contributed by atoms with van der Waals surface area (Å²) < 4.78 is 16.3. The molecule has 0 saturated carbocycles. The molecular weight excluding hydrogens is 348 g/mol. The van der Waals surface area contributed by atoms with Gasteiger partial charge in [0, 0.05) is 18.4 Å². The van der Waals surface area contributed by atoms with Crippen LogP contribution in [0.1, 0.15) is 46.0 Å². The first-order valence-corrected chi connectivity index (χ1v) is 8.75. The van der Waals surface area contributed by atoms with Crippen molar-refractivity contribution < 1.29 is 28.6 Å². The third-order valence-corrected chi connectivity index (χ3v) is 4.62. The second-order valence-corrected chi connectivity index (χ2v) is 6.78. The molecule has 6 nitrogen and oxygen atoms in total. The van der Waals surface area contributed by atoms with Gasteiger partial charge in [-0.3, -0.25) is 9.59 Å². The van der Waals surface area contributed by atoms with Crippen LogP contribution in [-0.2, 0) is 28.6 Å². The number of halogens is 1. The fourth-order valence-electron chi connectivity index (χ4n) is 2.95. The van der Waals surface area contributed by atoms with Crippen LogP contribution in [0.15, 0.2) is 22.8 Å². The van der Waals surface area contributed by atoms with Gasteiger partial charge in [-0.2, -0.15) is 0 Å². The van der Waals surface area contributed by atoms with Crippen molar-refractivity contribution in [1.29, 1.82) is 0 Å². The lowest BCUT2D eigenvalue weighted by molar-refractivity contribution is -0.157. The number of aldehydes is 1. The molecule has 4 atom stereocenters. The number of ether oxygens (including phenoxy) is 3. The fraction of sp³-hybridized carbons (Fsp3) is 0.611. The van der Waals surface area contributed by atoms with Crippen molar-refractivity contribution in [2.75, 3.05) is 0 Å². The zero-order valence-corrected chi connectivity index (χ0v) is 15.2. The minimum atomic E-state index is -0.773. The molecule has 0 aromatic heterocycles. The van der Waals surface area contributed by atoms with Crippen LogP contribution >= 0.6 is 11.6 Å². The molecular formula is C18H23ClO6. The van der Waals surface area contributed by atoms with Crippen LogP contribution in [0.25, 0.3) is 0 Å². The second-order valence-electron chi connectivity index (χ2n) is 6.30. The van der Waals surface area contributed by atoms with Crippen molar-refractivity contribution in [1.82, 2.24) is 0 Å². The van der Waals surface area contributed by atoms with Crippen LogP contribution in [-0.4, -0.2) is 42.6 Å². The Hall–Kier alpha value is -1.66. The minimum absolute atomic E-state index is 0.105. The van der Waals surface area contributed by atoms with E-state index in [1.165, 1.54) is 6.92 Å². The Bertz CT molecular complexity index is 582. The van der Waals surface area contributed by atoms with Crippen molar-refractivity contribution in [3.63, 3.8) is 0 Å². The SMILES string of the molecule is CC(=O)O[C@@H]1CC(=O)O[C@@H]2C[C@@H](CC/C(Cl)=C/C/C=C\1C)O[C@@H]2C=O. The standard InChI is InChI=1S/C18H23ClO6/c1-11-4-3-5-13(19)6-7-14-8-16(17(10-20)24-14)25-18(22)9-15(11)23-12(2)21/h4-5,10,14-17H,3,6-9H2,1-2H3/b11-4-,13-5-/t14-,15-,16-,17-/m1/s1. The number of hydrogen-bond donors (Lipinski definition) is 0. The Balaban J connectivity index is 2.20. The first-order valence-electron chi connectivity index (χ1n) is 8.37. The fourth-order valence-corrected chi connectivity index (χ4v) is 3.15. The Morgan fingerprint density at radius 3 is 2.84 bits per heavy atom. The van der Waals surface area contributed by atoms with Crippen molar-refractivity contribution in [2.24, 2.45) is 0 Å². The average molecular weight is 371 g/mol. The van der Waals surface area contributed by atoms with Crippen LogP contribution in [0.2, 0.25) is 0 Å². The van der Waals surface area contributed by atoms with Crippen LogP contribution in [0, 0.1) is 0 Å². The van der Waals surface area contributed by atoms with Gasteiger partial charge in [0.15, 0.2) is 6.29 Å². The van der Waals surface area contributed by atoms with Crippen LogP contribution in [0.3, 0.4) is 0 Å². The predicted octanol–water partition coefficient (Wildman–Crippen LogP) is 2.83. The lowest BCUT2D eigenvalue weighted by Gasteiger charge is -2.20. The van der Waals surface area contributed by atoms with E-state index < -0.39 is 30.3 Å². The predicted molar refractivity (Wildman–Crippen MR) is 90.9 cm³/mol. The summed E-state index contributed by atoms with van der Waals surface area (Å²) in [5, 5.41) is 0.705. The molecule has 0 radical (unpaired) electrons. The maximum absolute atomic E-state index is 12.2. The summed E-state index contributed by atoms with van der Waals surface area (Å²) in [5.41, 5.74) is 0.748. The molecule has 2 bridgehead atoms. The van der Waals surface area contributed by atoms with Gasteiger partial charge in [-0.15, -0.1) is 0 Å². The molecule has 1 fully saturated rings. The molecule has 2 heterocycles. The Labute approximate surface area is 152 Å². The molecule has 0 aliphatic carbocycles. The number of carbonyl (C=O) groups excluding carboxylic acids is 3. The highest BCUT2D eigenvalue weighted by Gasteiger charge is 2.38. The number of fused-ring (bicyclic) bond motifs is 2. The number of rotatable bonds is 2. The van der Waals surface area contributed by atoms with Gasteiger partial charge < -0.3 is 19.0 Å². The molecule has 2 aliphatic heterocycles. The van der Waals surface area contributed by atoms with Gasteiger partial charge in [0.25, 0.3) is 0 Å². The molecule has 0 unspecified atom stereocenters. The van der Waals surface area contributed by atoms with E-state index in [0.717, 1.165) is 5.57 Å². The Morgan fingerprint density at radius 2 is 2.16 bits per heavy atom. The van der Waals surface area contributed by atoms with Gasteiger partial charge >= 0.3 is 11.9 Å². The monoisotopic (exact) mass is 370 g/mol. The Morgan fingerprint density at radius 1 is 1.40 bits per heavy atom. The summed E-state index contributed by atoms with van der Waals surface area (Å²) in [6.07, 6.45) is 4.33. The highest BCUT2D eigenvalue weighted by atomic mass is 35.5. The number of hydrogen-bond acceptors (Lipinski definition) is 6. The topological polar surface area (TPSA) is 78.9 Å². The summed E-state index contributed by atoms with van der Waals surface area (Å²) in [4.78, 5) is 34.8. The molecule has 138 valence electrons. The first kappa shape index (κ1) is 19.7. The molecule has 1 saturated heterocycles. The van der Waals surface area contributed by atoms with Gasteiger partial charge in [-0.25, -0.2) is 0 Å². The smallest absolute Gasteiger partial charge is 0.310 e. The lowest BCUT2D eigenvalue weighted by atomic mass is 10.0. The van der Waals surface area contributed by atoms with Gasteiger partial charge in [0.05, 0.1) is 12.5 Å². The summed E-state index contributed by atoms with van der Waals surface area (Å²) in [6.45, 7) is 3.08. The van der Waals surface area contributed by atoms with Gasteiger partial charge in [0.1, 0.15) is 18.3 Å². The van der Waals surface area contributed by atoms with Gasteiger partial charge in [-0.1, -0.05) is 23.8 Å². The van der Waals surface area contributed by atoms with E-state index in [2.05, 4.69) is 0 Å². The zero-order chi connectivity index (χ0) is 18.4.